The fourth-order valence-corrected chi connectivity index (χ4v) is 4.09. The summed E-state index contributed by atoms with van der Waals surface area (Å²) in [5, 5.41) is 6.27. The summed E-state index contributed by atoms with van der Waals surface area (Å²) in [6, 6.07) is 7.48. The van der Waals surface area contributed by atoms with Crippen molar-refractivity contribution in [3.8, 4) is 0 Å². The Labute approximate surface area is 131 Å². The van der Waals surface area contributed by atoms with E-state index in [0.29, 0.717) is 0 Å². The maximum absolute atomic E-state index is 11.9. The van der Waals surface area contributed by atoms with Crippen molar-refractivity contribution < 1.29 is 4.79 Å². The second-order valence-corrected chi connectivity index (χ2v) is 7.00. The van der Waals surface area contributed by atoms with E-state index in [2.05, 4.69) is 26.6 Å². The first-order valence-electron chi connectivity index (χ1n) is 6.10. The van der Waals surface area contributed by atoms with E-state index in [1.54, 1.807) is 11.8 Å². The summed E-state index contributed by atoms with van der Waals surface area (Å²) in [5.74, 6) is 0. The molecule has 2 rings (SSSR count). The van der Waals surface area contributed by atoms with Gasteiger partial charge in [-0.1, -0.05) is 15.9 Å². The van der Waals surface area contributed by atoms with Gasteiger partial charge in [-0.2, -0.15) is 11.8 Å². The van der Waals surface area contributed by atoms with Gasteiger partial charge in [0.15, 0.2) is 0 Å². The topological polar surface area (TPSA) is 41.1 Å². The molecule has 0 saturated heterocycles. The van der Waals surface area contributed by atoms with Gasteiger partial charge in [-0.3, -0.25) is 0 Å². The Hall–Kier alpha value is -0.390. The maximum Gasteiger partial charge on any atom is 0.319 e. The minimum atomic E-state index is -0.169. The largest absolute Gasteiger partial charge is 0.334 e. The van der Waals surface area contributed by atoms with E-state index in [1.807, 2.05) is 30.5 Å². The van der Waals surface area contributed by atoms with Crippen molar-refractivity contribution in [2.75, 3.05) is 11.6 Å². The molecule has 0 radical (unpaired) electrons. The molecule has 3 atom stereocenters. The molecular formula is C13H16BrClN2OS. The van der Waals surface area contributed by atoms with E-state index >= 15 is 0 Å². The first kappa shape index (κ1) is 15.0. The van der Waals surface area contributed by atoms with Crippen LogP contribution in [0.3, 0.4) is 0 Å². The Kier molecular flexibility index (Phi) is 5.42. The average molecular weight is 364 g/mol. The fourth-order valence-electron chi connectivity index (χ4n) is 2.25. The van der Waals surface area contributed by atoms with Gasteiger partial charge in [0, 0.05) is 26.8 Å². The van der Waals surface area contributed by atoms with Crippen LogP contribution in [-0.4, -0.2) is 29.0 Å². The second-order valence-electron chi connectivity index (χ2n) is 4.51. The summed E-state index contributed by atoms with van der Waals surface area (Å²) in [4.78, 5) is 11.9. The number of carbonyl (C=O) groups is 1. The van der Waals surface area contributed by atoms with Crippen molar-refractivity contribution in [2.24, 2.45) is 0 Å². The van der Waals surface area contributed by atoms with Crippen LogP contribution >= 0.6 is 39.3 Å². The molecule has 1 aromatic rings. The molecule has 0 unspecified atom stereocenters. The van der Waals surface area contributed by atoms with E-state index in [0.717, 1.165) is 23.0 Å². The molecule has 1 aliphatic carbocycles. The molecule has 104 valence electrons. The lowest BCUT2D eigenvalue weighted by Crippen LogP contribution is -2.42. The van der Waals surface area contributed by atoms with E-state index in [-0.39, 0.29) is 22.7 Å². The molecule has 1 aromatic carbocycles. The van der Waals surface area contributed by atoms with Crippen LogP contribution in [0.15, 0.2) is 28.7 Å². The second kappa shape index (κ2) is 6.86. The number of alkyl halides is 1. The van der Waals surface area contributed by atoms with E-state index < -0.39 is 0 Å². The predicted octanol–water partition coefficient (Wildman–Crippen LogP) is 4.07. The molecule has 1 aliphatic rings. The Bertz CT molecular complexity index is 443. The highest BCUT2D eigenvalue weighted by Gasteiger charge is 2.35. The van der Waals surface area contributed by atoms with Gasteiger partial charge in [0.05, 0.1) is 0 Å². The van der Waals surface area contributed by atoms with Crippen LogP contribution in [0.5, 0.6) is 0 Å². The average Bonchev–Trinajstić information content (AvgIpc) is 2.72. The SMILES string of the molecule is CS[C@@H]1[C@@H](Cl)CC[C@H]1NC(=O)Nc1ccc(Br)cc1. The third kappa shape index (κ3) is 4.04. The van der Waals surface area contributed by atoms with Crippen LogP contribution in [0.1, 0.15) is 12.8 Å². The number of rotatable bonds is 3. The van der Waals surface area contributed by atoms with Gasteiger partial charge < -0.3 is 10.6 Å². The van der Waals surface area contributed by atoms with E-state index in [1.165, 1.54) is 0 Å². The number of nitrogens with one attached hydrogen (secondary N) is 2. The summed E-state index contributed by atoms with van der Waals surface area (Å²) >= 11 is 11.3. The number of carbonyl (C=O) groups excluding carboxylic acids is 1. The Morgan fingerprint density at radius 2 is 2.05 bits per heavy atom. The molecule has 0 aromatic heterocycles. The number of benzene rings is 1. The standard InChI is InChI=1S/C13H16BrClN2OS/c1-19-12-10(15)6-7-11(12)17-13(18)16-9-4-2-8(14)3-5-9/h2-5,10-12H,6-7H2,1H3,(H2,16,17,18)/t10-,11+,12+/m0/s1. The summed E-state index contributed by atoms with van der Waals surface area (Å²) < 4.78 is 0.988. The third-order valence-corrected chi connectivity index (χ3v) is 5.57. The molecule has 0 spiro atoms. The van der Waals surface area contributed by atoms with Crippen molar-refractivity contribution in [3.63, 3.8) is 0 Å². The third-order valence-electron chi connectivity index (χ3n) is 3.20. The Morgan fingerprint density at radius 3 is 2.68 bits per heavy atom. The maximum atomic E-state index is 11.9. The quantitative estimate of drug-likeness (QED) is 0.795. The van der Waals surface area contributed by atoms with Crippen LogP contribution < -0.4 is 10.6 Å². The highest BCUT2D eigenvalue weighted by atomic mass is 79.9. The Morgan fingerprint density at radius 1 is 1.37 bits per heavy atom. The van der Waals surface area contributed by atoms with Crippen molar-refractivity contribution in [3.05, 3.63) is 28.7 Å². The normalized spacial score (nSPS) is 26.2. The van der Waals surface area contributed by atoms with Crippen LogP contribution in [0.25, 0.3) is 0 Å². The number of halogens is 2. The van der Waals surface area contributed by atoms with Gasteiger partial charge >= 0.3 is 6.03 Å². The smallest absolute Gasteiger partial charge is 0.319 e. The van der Waals surface area contributed by atoms with E-state index in [9.17, 15) is 4.79 Å². The lowest BCUT2D eigenvalue weighted by atomic mass is 10.2. The first-order valence-corrected chi connectivity index (χ1v) is 8.62. The minimum absolute atomic E-state index is 0.146. The predicted molar refractivity (Wildman–Crippen MR) is 86.3 cm³/mol. The van der Waals surface area contributed by atoms with Gasteiger partial charge in [-0.05, 0) is 43.4 Å². The molecule has 1 fully saturated rings. The van der Waals surface area contributed by atoms with Crippen molar-refractivity contribution in [1.82, 2.24) is 5.32 Å². The number of amides is 2. The molecule has 2 N–H and O–H groups in total. The molecular weight excluding hydrogens is 348 g/mol. The molecule has 0 bridgehead atoms. The fraction of sp³-hybridized carbons (Fsp3) is 0.462. The van der Waals surface area contributed by atoms with Crippen LogP contribution in [-0.2, 0) is 0 Å². The summed E-state index contributed by atoms with van der Waals surface area (Å²) in [5.41, 5.74) is 0.779. The zero-order valence-electron chi connectivity index (χ0n) is 10.5. The Balaban J connectivity index is 1.89. The van der Waals surface area contributed by atoms with Crippen LogP contribution in [0.2, 0.25) is 0 Å². The summed E-state index contributed by atoms with van der Waals surface area (Å²) in [7, 11) is 0. The monoisotopic (exact) mass is 362 g/mol. The van der Waals surface area contributed by atoms with E-state index in [4.69, 9.17) is 11.6 Å². The first-order chi connectivity index (χ1) is 9.10. The van der Waals surface area contributed by atoms with Gasteiger partial charge in [-0.15, -0.1) is 11.6 Å². The highest BCUT2D eigenvalue weighted by Crippen LogP contribution is 2.32. The molecule has 6 heteroatoms. The number of hydrogen-bond donors (Lipinski definition) is 2. The van der Waals surface area contributed by atoms with Crippen LogP contribution in [0.4, 0.5) is 10.5 Å². The van der Waals surface area contributed by atoms with Gasteiger partial charge in [0.2, 0.25) is 0 Å². The number of thioether (sulfide) groups is 1. The van der Waals surface area contributed by atoms with Gasteiger partial charge in [-0.25, -0.2) is 4.79 Å². The number of hydrogen-bond acceptors (Lipinski definition) is 2. The summed E-state index contributed by atoms with van der Waals surface area (Å²) in [6.07, 6.45) is 3.93. The van der Waals surface area contributed by atoms with Gasteiger partial charge in [0.1, 0.15) is 0 Å². The zero-order chi connectivity index (χ0) is 13.8. The van der Waals surface area contributed by atoms with Crippen molar-refractivity contribution in [2.45, 2.75) is 29.5 Å². The lowest BCUT2D eigenvalue weighted by molar-refractivity contribution is 0.249. The molecule has 3 nitrogen and oxygen atoms in total. The van der Waals surface area contributed by atoms with Crippen molar-refractivity contribution in [1.29, 1.82) is 0 Å². The number of anilines is 1. The number of urea groups is 1. The molecule has 2 amide bonds. The zero-order valence-corrected chi connectivity index (χ0v) is 13.7. The molecule has 0 heterocycles. The van der Waals surface area contributed by atoms with Crippen molar-refractivity contribution >= 4 is 51.0 Å². The molecule has 1 saturated carbocycles. The highest BCUT2D eigenvalue weighted by molar-refractivity contribution is 9.10. The molecule has 19 heavy (non-hydrogen) atoms. The lowest BCUT2D eigenvalue weighted by Gasteiger charge is -2.21. The molecule has 0 aliphatic heterocycles. The summed E-state index contributed by atoms with van der Waals surface area (Å²) in [6.45, 7) is 0. The minimum Gasteiger partial charge on any atom is -0.334 e. The van der Waals surface area contributed by atoms with Crippen LogP contribution in [0, 0.1) is 0 Å². The van der Waals surface area contributed by atoms with Gasteiger partial charge in [0.25, 0.3) is 0 Å².